The second kappa shape index (κ2) is 4.13. The molecular weight excluding hydrogens is 232 g/mol. The maximum absolute atomic E-state index is 12.3. The first-order chi connectivity index (χ1) is 8.31. The fourth-order valence-corrected chi connectivity index (χ4v) is 2.82. The van der Waals surface area contributed by atoms with Crippen molar-refractivity contribution in [2.24, 2.45) is 5.73 Å². The van der Waals surface area contributed by atoms with E-state index in [9.17, 15) is 4.79 Å². The number of rotatable bonds is 3. The van der Waals surface area contributed by atoms with Crippen LogP contribution in [-0.2, 0) is 6.54 Å². The molecule has 0 spiro atoms. The van der Waals surface area contributed by atoms with Crippen molar-refractivity contribution in [3.63, 3.8) is 0 Å². The Bertz CT molecular complexity index is 582. The lowest BCUT2D eigenvalue weighted by molar-refractivity contribution is 0.705. The third kappa shape index (κ3) is 1.83. The quantitative estimate of drug-likeness (QED) is 0.903. The summed E-state index contributed by atoms with van der Waals surface area (Å²) in [6, 6.07) is 8.33. The summed E-state index contributed by atoms with van der Waals surface area (Å²) in [6.45, 7) is 0.316. The van der Waals surface area contributed by atoms with Gasteiger partial charge in [-0.2, -0.15) is 0 Å². The van der Waals surface area contributed by atoms with Gasteiger partial charge in [0.1, 0.15) is 0 Å². The fourth-order valence-electron chi connectivity index (χ4n) is 2.07. The van der Waals surface area contributed by atoms with E-state index in [0.717, 1.165) is 23.4 Å². The van der Waals surface area contributed by atoms with Gasteiger partial charge in [0.05, 0.1) is 10.6 Å². The molecule has 0 aromatic carbocycles. The maximum Gasteiger partial charge on any atom is 0.255 e. The summed E-state index contributed by atoms with van der Waals surface area (Å²) in [6.07, 6.45) is 2.21. The number of nitrogens with zero attached hydrogens (tertiary/aromatic N) is 1. The van der Waals surface area contributed by atoms with Gasteiger partial charge < -0.3 is 10.3 Å². The van der Waals surface area contributed by atoms with Gasteiger partial charge in [-0.15, -0.1) is 11.3 Å². The summed E-state index contributed by atoms with van der Waals surface area (Å²) in [5.41, 5.74) is 7.42. The van der Waals surface area contributed by atoms with Crippen molar-refractivity contribution in [1.82, 2.24) is 4.57 Å². The number of nitrogens with two attached hydrogens (primary N) is 1. The third-order valence-electron chi connectivity index (χ3n) is 3.10. The SMILES string of the molecule is NCc1ccc(-c2cccs2)n(C2CC2)c1=O. The highest BCUT2D eigenvalue weighted by molar-refractivity contribution is 7.13. The highest BCUT2D eigenvalue weighted by Crippen LogP contribution is 2.37. The number of pyridine rings is 1. The van der Waals surface area contributed by atoms with E-state index in [-0.39, 0.29) is 5.56 Å². The molecule has 4 heteroatoms. The minimum Gasteiger partial charge on any atom is -0.326 e. The van der Waals surface area contributed by atoms with Gasteiger partial charge in [0.2, 0.25) is 0 Å². The molecule has 2 heterocycles. The van der Waals surface area contributed by atoms with Crippen molar-refractivity contribution in [2.75, 3.05) is 0 Å². The minimum absolute atomic E-state index is 0.0842. The summed E-state index contributed by atoms with van der Waals surface area (Å²) in [4.78, 5) is 13.4. The van der Waals surface area contributed by atoms with Crippen LogP contribution in [0.5, 0.6) is 0 Å². The Labute approximate surface area is 104 Å². The summed E-state index contributed by atoms with van der Waals surface area (Å²) < 4.78 is 1.92. The van der Waals surface area contributed by atoms with Crippen LogP contribution in [0, 0.1) is 0 Å². The summed E-state index contributed by atoms with van der Waals surface area (Å²) in [5.74, 6) is 0. The first kappa shape index (κ1) is 10.7. The van der Waals surface area contributed by atoms with Gasteiger partial charge in [0.15, 0.2) is 0 Å². The Morgan fingerprint density at radius 2 is 2.18 bits per heavy atom. The molecule has 0 bridgehead atoms. The number of thiophene rings is 1. The average molecular weight is 246 g/mol. The van der Waals surface area contributed by atoms with Crippen LogP contribution in [0.3, 0.4) is 0 Å². The number of aromatic nitrogens is 1. The highest BCUT2D eigenvalue weighted by atomic mass is 32.1. The van der Waals surface area contributed by atoms with Gasteiger partial charge >= 0.3 is 0 Å². The summed E-state index contributed by atoms with van der Waals surface area (Å²) in [7, 11) is 0. The van der Waals surface area contributed by atoms with Crippen molar-refractivity contribution >= 4 is 11.3 Å². The molecule has 2 N–H and O–H groups in total. The molecule has 88 valence electrons. The molecule has 0 unspecified atom stereocenters. The van der Waals surface area contributed by atoms with Crippen molar-refractivity contribution in [1.29, 1.82) is 0 Å². The third-order valence-corrected chi connectivity index (χ3v) is 3.99. The molecule has 1 saturated carbocycles. The first-order valence-corrected chi connectivity index (χ1v) is 6.67. The molecular formula is C13H14N2OS. The van der Waals surface area contributed by atoms with E-state index in [2.05, 4.69) is 6.07 Å². The first-order valence-electron chi connectivity index (χ1n) is 5.79. The smallest absolute Gasteiger partial charge is 0.255 e. The lowest BCUT2D eigenvalue weighted by Gasteiger charge is -2.12. The Morgan fingerprint density at radius 3 is 2.76 bits per heavy atom. The van der Waals surface area contributed by atoms with Crippen LogP contribution in [0.1, 0.15) is 24.4 Å². The second-order valence-corrected chi connectivity index (χ2v) is 5.28. The molecule has 0 radical (unpaired) electrons. The average Bonchev–Trinajstić information content (AvgIpc) is 3.03. The lowest BCUT2D eigenvalue weighted by atomic mass is 10.2. The van der Waals surface area contributed by atoms with Crippen molar-refractivity contribution in [2.45, 2.75) is 25.4 Å². The van der Waals surface area contributed by atoms with Gasteiger partial charge in [-0.05, 0) is 30.4 Å². The normalized spacial score (nSPS) is 15.1. The van der Waals surface area contributed by atoms with Crippen LogP contribution in [0.4, 0.5) is 0 Å². The zero-order valence-electron chi connectivity index (χ0n) is 9.43. The van der Waals surface area contributed by atoms with Crippen LogP contribution >= 0.6 is 11.3 Å². The van der Waals surface area contributed by atoms with Crippen LogP contribution in [0.2, 0.25) is 0 Å². The van der Waals surface area contributed by atoms with Gasteiger partial charge in [0.25, 0.3) is 5.56 Å². The van der Waals surface area contributed by atoms with E-state index in [1.54, 1.807) is 11.3 Å². The largest absolute Gasteiger partial charge is 0.326 e. The highest BCUT2D eigenvalue weighted by Gasteiger charge is 2.27. The minimum atomic E-state index is 0.0842. The molecule has 0 amide bonds. The molecule has 0 saturated heterocycles. The molecule has 1 aliphatic carbocycles. The van der Waals surface area contributed by atoms with Crippen LogP contribution in [0.25, 0.3) is 10.6 Å². The molecule has 3 nitrogen and oxygen atoms in total. The Kier molecular flexibility index (Phi) is 2.61. The Balaban J connectivity index is 2.22. The fraction of sp³-hybridized carbons (Fsp3) is 0.308. The molecule has 1 fully saturated rings. The van der Waals surface area contributed by atoms with E-state index in [4.69, 9.17) is 5.73 Å². The van der Waals surface area contributed by atoms with Crippen LogP contribution in [0.15, 0.2) is 34.4 Å². The molecule has 0 aliphatic heterocycles. The lowest BCUT2D eigenvalue weighted by Crippen LogP contribution is -2.25. The van der Waals surface area contributed by atoms with Gasteiger partial charge in [0, 0.05) is 18.2 Å². The van der Waals surface area contributed by atoms with Crippen molar-refractivity contribution < 1.29 is 0 Å². The van der Waals surface area contributed by atoms with Gasteiger partial charge in [-0.1, -0.05) is 12.1 Å². The van der Waals surface area contributed by atoms with E-state index in [1.165, 1.54) is 0 Å². The van der Waals surface area contributed by atoms with E-state index >= 15 is 0 Å². The van der Waals surface area contributed by atoms with Gasteiger partial charge in [-0.3, -0.25) is 4.79 Å². The number of hydrogen-bond donors (Lipinski definition) is 1. The zero-order chi connectivity index (χ0) is 11.8. The summed E-state index contributed by atoms with van der Waals surface area (Å²) >= 11 is 1.67. The number of hydrogen-bond acceptors (Lipinski definition) is 3. The standard InChI is InChI=1S/C13H14N2OS/c14-8-9-3-6-11(12-2-1-7-17-12)15(13(9)16)10-4-5-10/h1-3,6-7,10H,4-5,8,14H2. The Hall–Kier alpha value is -1.39. The maximum atomic E-state index is 12.3. The second-order valence-electron chi connectivity index (χ2n) is 4.33. The molecule has 2 aromatic rings. The van der Waals surface area contributed by atoms with Crippen molar-refractivity contribution in [3.05, 3.63) is 45.6 Å². The predicted octanol–water partition coefficient (Wildman–Crippen LogP) is 2.37. The van der Waals surface area contributed by atoms with E-state index in [1.807, 2.05) is 28.1 Å². The Morgan fingerprint density at radius 1 is 1.35 bits per heavy atom. The van der Waals surface area contributed by atoms with Crippen LogP contribution in [-0.4, -0.2) is 4.57 Å². The zero-order valence-corrected chi connectivity index (χ0v) is 10.2. The predicted molar refractivity (Wildman–Crippen MR) is 70.2 cm³/mol. The van der Waals surface area contributed by atoms with E-state index in [0.29, 0.717) is 18.2 Å². The van der Waals surface area contributed by atoms with Crippen molar-refractivity contribution in [3.8, 4) is 10.6 Å². The molecule has 17 heavy (non-hydrogen) atoms. The topological polar surface area (TPSA) is 48.0 Å². The molecule has 1 aliphatic rings. The monoisotopic (exact) mass is 246 g/mol. The molecule has 2 aromatic heterocycles. The van der Waals surface area contributed by atoms with Crippen LogP contribution < -0.4 is 11.3 Å². The summed E-state index contributed by atoms with van der Waals surface area (Å²) in [5, 5.41) is 2.04. The molecule has 0 atom stereocenters. The van der Waals surface area contributed by atoms with E-state index < -0.39 is 0 Å². The molecule has 3 rings (SSSR count). The van der Waals surface area contributed by atoms with Gasteiger partial charge in [-0.25, -0.2) is 0 Å².